The van der Waals surface area contributed by atoms with E-state index in [1.54, 1.807) is 0 Å². The number of aryl methyl sites for hydroxylation is 3. The van der Waals surface area contributed by atoms with Gasteiger partial charge in [0.25, 0.3) is 0 Å². The molecule has 2 atom stereocenters. The van der Waals surface area contributed by atoms with Crippen LogP contribution in [0.4, 0.5) is 0 Å². The molecule has 3 rings (SSSR count). The van der Waals surface area contributed by atoms with E-state index >= 15 is 0 Å². The van der Waals surface area contributed by atoms with Crippen molar-refractivity contribution in [1.82, 2.24) is 20.0 Å². The zero-order valence-electron chi connectivity index (χ0n) is 15.6. The zero-order chi connectivity index (χ0) is 18.0. The second-order valence-electron chi connectivity index (χ2n) is 6.70. The Balaban J connectivity index is 1.63. The van der Waals surface area contributed by atoms with Crippen LogP contribution < -0.4 is 5.32 Å². The summed E-state index contributed by atoms with van der Waals surface area (Å²) in [6, 6.07) is 8.90. The van der Waals surface area contributed by atoms with E-state index < -0.39 is 0 Å². The van der Waals surface area contributed by atoms with Gasteiger partial charge in [0, 0.05) is 36.2 Å². The quantitative estimate of drug-likeness (QED) is 0.730. The molecule has 132 valence electrons. The molecule has 0 aliphatic rings. The largest absolute Gasteiger partial charge is 0.361 e. The predicted molar refractivity (Wildman–Crippen MR) is 99.1 cm³/mol. The van der Waals surface area contributed by atoms with Gasteiger partial charge in [0.15, 0.2) is 0 Å². The average Bonchev–Trinajstić information content (AvgIpc) is 3.18. The van der Waals surface area contributed by atoms with Crippen LogP contribution in [0, 0.1) is 20.8 Å². The number of benzene rings is 1. The van der Waals surface area contributed by atoms with Crippen LogP contribution >= 0.6 is 0 Å². The minimum Gasteiger partial charge on any atom is -0.361 e. The number of hydrogen-bond donors (Lipinski definition) is 1. The van der Waals surface area contributed by atoms with Gasteiger partial charge in [-0.25, -0.2) is 4.98 Å². The maximum Gasteiger partial charge on any atom is 0.137 e. The lowest BCUT2D eigenvalue weighted by Crippen LogP contribution is -2.24. The molecule has 2 unspecified atom stereocenters. The molecule has 2 aromatic heterocycles. The number of imidazole rings is 1. The molecule has 0 saturated heterocycles. The van der Waals surface area contributed by atoms with E-state index in [1.165, 1.54) is 11.1 Å². The Morgan fingerprint density at radius 2 is 1.84 bits per heavy atom. The van der Waals surface area contributed by atoms with Crippen molar-refractivity contribution in [1.29, 1.82) is 0 Å². The van der Waals surface area contributed by atoms with Gasteiger partial charge >= 0.3 is 0 Å². The van der Waals surface area contributed by atoms with Crippen molar-refractivity contribution in [2.45, 2.75) is 46.6 Å². The summed E-state index contributed by atoms with van der Waals surface area (Å²) >= 11 is 0. The molecule has 0 fully saturated rings. The Labute approximate surface area is 149 Å². The highest BCUT2D eigenvalue weighted by atomic mass is 16.5. The monoisotopic (exact) mass is 338 g/mol. The van der Waals surface area contributed by atoms with Crippen LogP contribution in [0.15, 0.2) is 41.2 Å². The molecule has 0 bridgehead atoms. The van der Waals surface area contributed by atoms with Gasteiger partial charge < -0.3 is 14.4 Å². The van der Waals surface area contributed by atoms with Crippen LogP contribution in [0.2, 0.25) is 0 Å². The Bertz CT molecular complexity index is 812. The lowest BCUT2D eigenvalue weighted by Gasteiger charge is -2.18. The molecule has 25 heavy (non-hydrogen) atoms. The highest BCUT2D eigenvalue weighted by Crippen LogP contribution is 2.23. The van der Waals surface area contributed by atoms with Crippen molar-refractivity contribution in [3.63, 3.8) is 0 Å². The van der Waals surface area contributed by atoms with Crippen molar-refractivity contribution >= 4 is 0 Å². The summed E-state index contributed by atoms with van der Waals surface area (Å²) in [4.78, 5) is 4.28. The molecule has 5 nitrogen and oxygen atoms in total. The number of rotatable bonds is 6. The van der Waals surface area contributed by atoms with E-state index in [2.05, 4.69) is 58.1 Å². The highest BCUT2D eigenvalue weighted by Gasteiger charge is 2.17. The second kappa shape index (κ2) is 7.23. The first-order valence-corrected chi connectivity index (χ1v) is 8.73. The van der Waals surface area contributed by atoms with Gasteiger partial charge in [-0.2, -0.15) is 0 Å². The first kappa shape index (κ1) is 17.4. The standard InChI is InChI=1S/C20H26N4O/c1-13(20-15(3)23-25-16(20)4)12-22-14(2)18-6-8-19(9-7-18)24-11-10-21-17(24)5/h6-11,13-14,22H,12H2,1-5H3. The van der Waals surface area contributed by atoms with E-state index in [0.29, 0.717) is 5.92 Å². The first-order chi connectivity index (χ1) is 12.0. The molecule has 1 aromatic carbocycles. The SMILES string of the molecule is Cc1noc(C)c1C(C)CNC(C)c1ccc(-n2ccnc2C)cc1. The topological polar surface area (TPSA) is 55.9 Å². The minimum absolute atomic E-state index is 0.279. The number of hydrogen-bond acceptors (Lipinski definition) is 4. The summed E-state index contributed by atoms with van der Waals surface area (Å²) in [7, 11) is 0. The maximum absolute atomic E-state index is 5.28. The summed E-state index contributed by atoms with van der Waals surface area (Å²) in [5, 5.41) is 7.67. The fourth-order valence-electron chi connectivity index (χ4n) is 3.34. The molecule has 5 heteroatoms. The Morgan fingerprint density at radius 1 is 1.12 bits per heavy atom. The van der Waals surface area contributed by atoms with Crippen molar-refractivity contribution in [3.8, 4) is 5.69 Å². The van der Waals surface area contributed by atoms with E-state index in [9.17, 15) is 0 Å². The van der Waals surface area contributed by atoms with Gasteiger partial charge in [0.1, 0.15) is 11.6 Å². The average molecular weight is 338 g/mol. The fraction of sp³-hybridized carbons (Fsp3) is 0.400. The van der Waals surface area contributed by atoms with Gasteiger partial charge in [-0.05, 0) is 51.3 Å². The maximum atomic E-state index is 5.28. The second-order valence-corrected chi connectivity index (χ2v) is 6.70. The van der Waals surface area contributed by atoms with Crippen LogP contribution in [0.3, 0.4) is 0 Å². The summed E-state index contributed by atoms with van der Waals surface area (Å²) < 4.78 is 7.37. The molecule has 0 spiro atoms. The van der Waals surface area contributed by atoms with Crippen molar-refractivity contribution in [2.24, 2.45) is 0 Å². The zero-order valence-corrected chi connectivity index (χ0v) is 15.6. The molecule has 0 saturated carbocycles. The van der Waals surface area contributed by atoms with Gasteiger partial charge in [-0.3, -0.25) is 0 Å². The van der Waals surface area contributed by atoms with E-state index in [0.717, 1.165) is 29.5 Å². The normalized spacial score (nSPS) is 13.8. The number of nitrogens with zero attached hydrogens (tertiary/aromatic N) is 3. The molecular formula is C20H26N4O. The van der Waals surface area contributed by atoms with Gasteiger partial charge in [-0.15, -0.1) is 0 Å². The first-order valence-electron chi connectivity index (χ1n) is 8.73. The van der Waals surface area contributed by atoms with E-state index in [-0.39, 0.29) is 6.04 Å². The molecular weight excluding hydrogens is 312 g/mol. The third kappa shape index (κ3) is 3.66. The molecule has 1 N–H and O–H groups in total. The number of nitrogens with one attached hydrogen (secondary N) is 1. The molecule has 3 aromatic rings. The lowest BCUT2D eigenvalue weighted by atomic mass is 9.98. The Hall–Kier alpha value is -2.40. The van der Waals surface area contributed by atoms with Crippen LogP contribution in [0.25, 0.3) is 5.69 Å². The lowest BCUT2D eigenvalue weighted by molar-refractivity contribution is 0.391. The van der Waals surface area contributed by atoms with Crippen LogP contribution in [-0.4, -0.2) is 21.3 Å². The van der Waals surface area contributed by atoms with Crippen LogP contribution in [0.5, 0.6) is 0 Å². The molecule has 0 aliphatic carbocycles. The molecule has 2 heterocycles. The summed E-state index contributed by atoms with van der Waals surface area (Å²) in [6.07, 6.45) is 3.81. The van der Waals surface area contributed by atoms with E-state index in [1.807, 2.05) is 33.2 Å². The molecule has 0 amide bonds. The van der Waals surface area contributed by atoms with E-state index in [4.69, 9.17) is 4.52 Å². The Kier molecular flexibility index (Phi) is 5.04. The molecule has 0 aliphatic heterocycles. The highest BCUT2D eigenvalue weighted by molar-refractivity contribution is 5.36. The minimum atomic E-state index is 0.279. The van der Waals surface area contributed by atoms with Crippen molar-refractivity contribution < 1.29 is 4.52 Å². The van der Waals surface area contributed by atoms with Crippen molar-refractivity contribution in [2.75, 3.05) is 6.54 Å². The summed E-state index contributed by atoms with van der Waals surface area (Å²) in [5.74, 6) is 2.27. The third-order valence-corrected chi connectivity index (χ3v) is 4.81. The summed E-state index contributed by atoms with van der Waals surface area (Å²) in [6.45, 7) is 11.3. The van der Waals surface area contributed by atoms with Gasteiger partial charge in [0.2, 0.25) is 0 Å². The summed E-state index contributed by atoms with van der Waals surface area (Å²) in [5.41, 5.74) is 4.60. The van der Waals surface area contributed by atoms with Crippen LogP contribution in [0.1, 0.15) is 54.2 Å². The predicted octanol–water partition coefficient (Wildman–Crippen LogP) is 4.24. The van der Waals surface area contributed by atoms with Gasteiger partial charge in [-0.1, -0.05) is 24.2 Å². The van der Waals surface area contributed by atoms with Gasteiger partial charge in [0.05, 0.1) is 5.69 Å². The molecule has 0 radical (unpaired) electrons. The van der Waals surface area contributed by atoms with Crippen molar-refractivity contribution in [3.05, 3.63) is 65.1 Å². The smallest absolute Gasteiger partial charge is 0.137 e. The van der Waals surface area contributed by atoms with Crippen LogP contribution in [-0.2, 0) is 0 Å². The Morgan fingerprint density at radius 3 is 2.40 bits per heavy atom. The number of aromatic nitrogens is 3. The fourth-order valence-corrected chi connectivity index (χ4v) is 3.34. The third-order valence-electron chi connectivity index (χ3n) is 4.81.